The molecule has 2 N–H and O–H groups in total. The number of rotatable bonds is 7. The van der Waals surface area contributed by atoms with Gasteiger partial charge in [-0.2, -0.15) is 0 Å². The Kier molecular flexibility index (Phi) is 7.45. The Balaban J connectivity index is 2.89. The van der Waals surface area contributed by atoms with E-state index in [9.17, 15) is 0 Å². The van der Waals surface area contributed by atoms with Gasteiger partial charge in [0.25, 0.3) is 0 Å². The van der Waals surface area contributed by atoms with Gasteiger partial charge in [-0.3, -0.25) is 9.89 Å². The predicted molar refractivity (Wildman–Crippen MR) is 93.2 cm³/mol. The molecule has 1 rings (SSSR count). The Bertz CT molecular complexity index is 430. The van der Waals surface area contributed by atoms with E-state index in [1.807, 2.05) is 12.1 Å². The summed E-state index contributed by atoms with van der Waals surface area (Å²) in [6.45, 7) is 16.3. The third kappa shape index (κ3) is 6.10. The number of likely N-dealkylation sites (N-methyl/N-ethyl adjacent to an activating group) is 1. The highest BCUT2D eigenvalue weighted by molar-refractivity contribution is 5.80. The normalized spacial score (nSPS) is 14.2. The maximum Gasteiger partial charge on any atom is 0.191 e. The van der Waals surface area contributed by atoms with Crippen molar-refractivity contribution in [3.8, 4) is 0 Å². The molecule has 1 atom stereocenters. The largest absolute Gasteiger partial charge is 0.468 e. The van der Waals surface area contributed by atoms with Crippen LogP contribution in [0.3, 0.4) is 0 Å². The van der Waals surface area contributed by atoms with Gasteiger partial charge in [0.2, 0.25) is 0 Å². The van der Waals surface area contributed by atoms with Crippen LogP contribution in [-0.4, -0.2) is 42.6 Å². The van der Waals surface area contributed by atoms with Gasteiger partial charge in [0.1, 0.15) is 5.76 Å². The number of hydrogen-bond donors (Lipinski definition) is 2. The van der Waals surface area contributed by atoms with Crippen LogP contribution in [0.4, 0.5) is 0 Å². The molecule has 1 aromatic rings. The lowest BCUT2D eigenvalue weighted by Crippen LogP contribution is -2.48. The Hall–Kier alpha value is -1.49. The lowest BCUT2D eigenvalue weighted by molar-refractivity contribution is 0.198. The molecule has 0 aliphatic heterocycles. The molecule has 1 unspecified atom stereocenters. The quantitative estimate of drug-likeness (QED) is 0.600. The molecular formula is C17H32N4O. The van der Waals surface area contributed by atoms with Crippen LogP contribution in [0.25, 0.3) is 0 Å². The molecule has 5 heteroatoms. The zero-order valence-electron chi connectivity index (χ0n) is 14.9. The van der Waals surface area contributed by atoms with Crippen LogP contribution in [0.15, 0.2) is 27.8 Å². The van der Waals surface area contributed by atoms with Crippen molar-refractivity contribution in [3.63, 3.8) is 0 Å². The molecule has 5 nitrogen and oxygen atoms in total. The van der Waals surface area contributed by atoms with E-state index in [1.54, 1.807) is 6.26 Å². The van der Waals surface area contributed by atoms with Gasteiger partial charge < -0.3 is 15.1 Å². The summed E-state index contributed by atoms with van der Waals surface area (Å²) in [4.78, 5) is 7.13. The molecule has 0 aliphatic rings. The summed E-state index contributed by atoms with van der Waals surface area (Å²) in [5.74, 6) is 1.82. The molecule has 0 saturated carbocycles. The molecule has 0 spiro atoms. The fourth-order valence-corrected chi connectivity index (χ4v) is 2.37. The lowest BCUT2D eigenvalue weighted by atomic mass is 10.1. The molecule has 1 aromatic heterocycles. The second kappa shape index (κ2) is 8.83. The van der Waals surface area contributed by atoms with Gasteiger partial charge in [0, 0.05) is 12.1 Å². The molecule has 0 radical (unpaired) electrons. The van der Waals surface area contributed by atoms with Gasteiger partial charge in [-0.1, -0.05) is 13.8 Å². The minimum atomic E-state index is -0.0175. The van der Waals surface area contributed by atoms with E-state index in [0.717, 1.165) is 31.4 Å². The van der Waals surface area contributed by atoms with Crippen molar-refractivity contribution >= 4 is 5.96 Å². The van der Waals surface area contributed by atoms with Crippen molar-refractivity contribution in [2.45, 2.75) is 53.1 Å². The Morgan fingerprint density at radius 1 is 1.27 bits per heavy atom. The van der Waals surface area contributed by atoms with Crippen LogP contribution < -0.4 is 10.6 Å². The highest BCUT2D eigenvalue weighted by Gasteiger charge is 2.21. The van der Waals surface area contributed by atoms with Gasteiger partial charge in [-0.15, -0.1) is 0 Å². The number of nitrogens with one attached hydrogen (secondary N) is 2. The molecule has 0 bridgehead atoms. The summed E-state index contributed by atoms with van der Waals surface area (Å²) in [5.41, 5.74) is -0.0175. The van der Waals surface area contributed by atoms with E-state index in [4.69, 9.17) is 9.41 Å². The van der Waals surface area contributed by atoms with Crippen molar-refractivity contribution in [1.29, 1.82) is 0 Å². The SMILES string of the molecule is CCNC(=NCC(c1ccco1)N(CC)CC)NC(C)(C)C. The van der Waals surface area contributed by atoms with Crippen molar-refractivity contribution < 1.29 is 4.42 Å². The first-order valence-electron chi connectivity index (χ1n) is 8.25. The minimum Gasteiger partial charge on any atom is -0.468 e. The van der Waals surface area contributed by atoms with Gasteiger partial charge in [-0.05, 0) is 52.9 Å². The van der Waals surface area contributed by atoms with Crippen molar-refractivity contribution in [2.24, 2.45) is 4.99 Å². The van der Waals surface area contributed by atoms with Gasteiger partial charge in [-0.25, -0.2) is 0 Å². The third-order valence-corrected chi connectivity index (χ3v) is 3.38. The van der Waals surface area contributed by atoms with Crippen LogP contribution in [0.2, 0.25) is 0 Å². The van der Waals surface area contributed by atoms with Crippen LogP contribution in [0.1, 0.15) is 53.3 Å². The molecule has 126 valence electrons. The molecule has 0 aromatic carbocycles. The number of furan rings is 1. The number of aliphatic imine (C=N–C) groups is 1. The second-order valence-corrected chi connectivity index (χ2v) is 6.35. The topological polar surface area (TPSA) is 52.8 Å². The van der Waals surface area contributed by atoms with E-state index in [0.29, 0.717) is 6.54 Å². The van der Waals surface area contributed by atoms with Crippen LogP contribution in [0, 0.1) is 0 Å². The smallest absolute Gasteiger partial charge is 0.191 e. The third-order valence-electron chi connectivity index (χ3n) is 3.38. The van der Waals surface area contributed by atoms with E-state index in [2.05, 4.69) is 57.1 Å². The monoisotopic (exact) mass is 308 g/mol. The molecule has 22 heavy (non-hydrogen) atoms. The molecule has 0 amide bonds. The van der Waals surface area contributed by atoms with Gasteiger partial charge >= 0.3 is 0 Å². The highest BCUT2D eigenvalue weighted by atomic mass is 16.3. The Morgan fingerprint density at radius 2 is 1.95 bits per heavy atom. The van der Waals surface area contributed by atoms with Crippen molar-refractivity contribution in [3.05, 3.63) is 24.2 Å². The van der Waals surface area contributed by atoms with Crippen LogP contribution >= 0.6 is 0 Å². The summed E-state index contributed by atoms with van der Waals surface area (Å²) in [6, 6.07) is 4.14. The van der Waals surface area contributed by atoms with Crippen LogP contribution in [0.5, 0.6) is 0 Å². The first-order valence-corrected chi connectivity index (χ1v) is 8.25. The fourth-order valence-electron chi connectivity index (χ4n) is 2.37. The molecular weight excluding hydrogens is 276 g/mol. The van der Waals surface area contributed by atoms with Crippen LogP contribution in [-0.2, 0) is 0 Å². The van der Waals surface area contributed by atoms with Gasteiger partial charge in [0.15, 0.2) is 5.96 Å². The van der Waals surface area contributed by atoms with E-state index in [-0.39, 0.29) is 11.6 Å². The standard InChI is InChI=1S/C17H32N4O/c1-7-18-16(20-17(4,5)6)19-13-14(21(8-2)9-3)15-11-10-12-22-15/h10-12,14H,7-9,13H2,1-6H3,(H2,18,19,20). The predicted octanol–water partition coefficient (Wildman–Crippen LogP) is 3.02. The summed E-state index contributed by atoms with van der Waals surface area (Å²) in [7, 11) is 0. The number of guanidine groups is 1. The van der Waals surface area contributed by atoms with Gasteiger partial charge in [0.05, 0.1) is 18.8 Å². The maximum atomic E-state index is 5.62. The van der Waals surface area contributed by atoms with E-state index in [1.165, 1.54) is 0 Å². The minimum absolute atomic E-state index is 0.0175. The maximum absolute atomic E-state index is 5.62. The second-order valence-electron chi connectivity index (χ2n) is 6.35. The molecule has 0 saturated heterocycles. The average molecular weight is 308 g/mol. The number of hydrogen-bond acceptors (Lipinski definition) is 3. The number of nitrogens with zero attached hydrogens (tertiary/aromatic N) is 2. The summed E-state index contributed by atoms with van der Waals surface area (Å²) in [6.07, 6.45) is 1.73. The van der Waals surface area contributed by atoms with Crippen molar-refractivity contribution in [2.75, 3.05) is 26.2 Å². The van der Waals surface area contributed by atoms with Crippen molar-refractivity contribution in [1.82, 2.24) is 15.5 Å². The fraction of sp³-hybridized carbons (Fsp3) is 0.706. The average Bonchev–Trinajstić information content (AvgIpc) is 2.95. The summed E-state index contributed by atoms with van der Waals surface area (Å²) in [5, 5.41) is 6.73. The van der Waals surface area contributed by atoms with E-state index >= 15 is 0 Å². The molecule has 1 heterocycles. The first-order chi connectivity index (χ1) is 10.4. The zero-order valence-corrected chi connectivity index (χ0v) is 14.9. The van der Waals surface area contributed by atoms with E-state index < -0.39 is 0 Å². The zero-order chi connectivity index (χ0) is 16.6. The Morgan fingerprint density at radius 3 is 2.41 bits per heavy atom. The summed E-state index contributed by atoms with van der Waals surface area (Å²) < 4.78 is 5.62. The first kappa shape index (κ1) is 18.6. The summed E-state index contributed by atoms with van der Waals surface area (Å²) >= 11 is 0. The lowest BCUT2D eigenvalue weighted by Gasteiger charge is -2.28. The Labute approximate surface area is 135 Å². The molecule has 0 aliphatic carbocycles. The molecule has 0 fully saturated rings. The highest BCUT2D eigenvalue weighted by Crippen LogP contribution is 2.21.